The van der Waals surface area contributed by atoms with Gasteiger partial charge in [0.15, 0.2) is 5.82 Å². The molecular weight excluding hydrogens is 142 g/mol. The van der Waals surface area contributed by atoms with Crippen LogP contribution in [0.1, 0.15) is 19.7 Å². The Balaban J connectivity index is 2.68. The summed E-state index contributed by atoms with van der Waals surface area (Å²) in [6, 6.07) is 0.117. The van der Waals surface area contributed by atoms with Gasteiger partial charge in [-0.05, 0) is 24.3 Å². The highest BCUT2D eigenvalue weighted by molar-refractivity contribution is 4.83. The molecule has 0 fully saturated rings. The summed E-state index contributed by atoms with van der Waals surface area (Å²) in [4.78, 5) is 0. The van der Waals surface area contributed by atoms with Gasteiger partial charge in [-0.25, -0.2) is 4.68 Å². The van der Waals surface area contributed by atoms with Crippen LogP contribution in [0.4, 0.5) is 0 Å². The minimum Gasteiger partial charge on any atom is -0.328 e. The van der Waals surface area contributed by atoms with Gasteiger partial charge in [0, 0.05) is 19.0 Å². The molecule has 0 aliphatic carbocycles. The predicted molar refractivity (Wildman–Crippen MR) is 40.8 cm³/mol. The molecule has 0 amide bonds. The normalized spacial score (nSPS) is 13.4. The van der Waals surface area contributed by atoms with Gasteiger partial charge in [-0.1, -0.05) is 0 Å². The highest BCUT2D eigenvalue weighted by Crippen LogP contribution is 1.95. The van der Waals surface area contributed by atoms with Gasteiger partial charge >= 0.3 is 0 Å². The van der Waals surface area contributed by atoms with Crippen molar-refractivity contribution >= 4 is 0 Å². The third-order valence-electron chi connectivity index (χ3n) is 1.41. The average molecular weight is 155 g/mol. The van der Waals surface area contributed by atoms with Crippen LogP contribution in [0.5, 0.6) is 0 Å². The van der Waals surface area contributed by atoms with Crippen molar-refractivity contribution < 1.29 is 0 Å². The van der Waals surface area contributed by atoms with Crippen LogP contribution < -0.4 is 5.73 Å². The van der Waals surface area contributed by atoms with Crippen LogP contribution in [0.3, 0.4) is 0 Å². The minimum absolute atomic E-state index is 0.117. The van der Waals surface area contributed by atoms with Gasteiger partial charge in [0.1, 0.15) is 0 Å². The van der Waals surface area contributed by atoms with Gasteiger partial charge in [0.25, 0.3) is 0 Å². The number of hydrogen-bond donors (Lipinski definition) is 1. The first-order valence-corrected chi connectivity index (χ1v) is 3.74. The summed E-state index contributed by atoms with van der Waals surface area (Å²) >= 11 is 0. The third-order valence-corrected chi connectivity index (χ3v) is 1.41. The molecule has 0 spiro atoms. The van der Waals surface area contributed by atoms with E-state index >= 15 is 0 Å². The molecular formula is C6H13N5. The molecule has 0 saturated carbocycles. The van der Waals surface area contributed by atoms with E-state index in [-0.39, 0.29) is 6.04 Å². The number of nitrogens with zero attached hydrogens (tertiary/aromatic N) is 4. The molecule has 1 atom stereocenters. The molecule has 0 saturated heterocycles. The van der Waals surface area contributed by atoms with Crippen LogP contribution in [-0.2, 0) is 13.0 Å². The molecule has 5 nitrogen and oxygen atoms in total. The van der Waals surface area contributed by atoms with E-state index < -0.39 is 0 Å². The summed E-state index contributed by atoms with van der Waals surface area (Å²) in [5.74, 6) is 0.863. The van der Waals surface area contributed by atoms with Gasteiger partial charge in [0.2, 0.25) is 0 Å². The van der Waals surface area contributed by atoms with Crippen molar-refractivity contribution in [1.82, 2.24) is 20.2 Å². The third kappa shape index (κ3) is 1.98. The van der Waals surface area contributed by atoms with Crippen LogP contribution in [-0.4, -0.2) is 26.2 Å². The maximum absolute atomic E-state index is 5.60. The van der Waals surface area contributed by atoms with Gasteiger partial charge in [-0.3, -0.25) is 0 Å². The lowest BCUT2D eigenvalue weighted by atomic mass is 10.2. The first-order valence-electron chi connectivity index (χ1n) is 3.74. The summed E-state index contributed by atoms with van der Waals surface area (Å²) in [6.45, 7) is 4.74. The summed E-state index contributed by atoms with van der Waals surface area (Å²) in [5.41, 5.74) is 5.60. The van der Waals surface area contributed by atoms with Crippen molar-refractivity contribution in [2.24, 2.45) is 5.73 Å². The molecule has 0 bridgehead atoms. The first kappa shape index (κ1) is 8.13. The molecule has 1 unspecified atom stereocenters. The second-order valence-electron chi connectivity index (χ2n) is 2.59. The summed E-state index contributed by atoms with van der Waals surface area (Å²) in [6.07, 6.45) is 0.737. The van der Waals surface area contributed by atoms with E-state index in [1.54, 1.807) is 4.68 Å². The molecule has 0 aliphatic heterocycles. The fourth-order valence-electron chi connectivity index (χ4n) is 0.903. The van der Waals surface area contributed by atoms with Crippen LogP contribution in [0.25, 0.3) is 0 Å². The van der Waals surface area contributed by atoms with Crippen molar-refractivity contribution in [3.8, 4) is 0 Å². The zero-order chi connectivity index (χ0) is 8.27. The van der Waals surface area contributed by atoms with Gasteiger partial charge in [-0.2, -0.15) is 0 Å². The topological polar surface area (TPSA) is 69.6 Å². The fourth-order valence-corrected chi connectivity index (χ4v) is 0.903. The molecule has 0 radical (unpaired) electrons. The predicted octanol–water partition coefficient (Wildman–Crippen LogP) is -0.417. The van der Waals surface area contributed by atoms with Gasteiger partial charge in [-0.15, -0.1) is 5.10 Å². The Bertz CT molecular complexity index is 217. The largest absolute Gasteiger partial charge is 0.328 e. The first-order chi connectivity index (χ1) is 5.24. The van der Waals surface area contributed by atoms with E-state index in [0.29, 0.717) is 0 Å². The van der Waals surface area contributed by atoms with Crippen molar-refractivity contribution in [2.45, 2.75) is 32.9 Å². The molecule has 1 rings (SSSR count). The molecule has 1 heterocycles. The highest BCUT2D eigenvalue weighted by atomic mass is 15.5. The zero-order valence-corrected chi connectivity index (χ0v) is 6.86. The molecule has 62 valence electrons. The van der Waals surface area contributed by atoms with E-state index in [1.165, 1.54) is 0 Å². The Kier molecular flexibility index (Phi) is 2.53. The lowest BCUT2D eigenvalue weighted by Crippen LogP contribution is -2.20. The quantitative estimate of drug-likeness (QED) is 0.643. The molecule has 1 aromatic heterocycles. The fraction of sp³-hybridized carbons (Fsp3) is 0.833. The Morgan fingerprint density at radius 3 is 2.91 bits per heavy atom. The zero-order valence-electron chi connectivity index (χ0n) is 6.86. The van der Waals surface area contributed by atoms with Crippen molar-refractivity contribution in [2.75, 3.05) is 0 Å². The second-order valence-corrected chi connectivity index (χ2v) is 2.59. The molecule has 0 aromatic carbocycles. The Morgan fingerprint density at radius 2 is 2.36 bits per heavy atom. The lowest BCUT2D eigenvalue weighted by Gasteiger charge is -2.02. The number of tetrazole rings is 1. The number of aromatic nitrogens is 4. The van der Waals surface area contributed by atoms with Crippen LogP contribution >= 0.6 is 0 Å². The maximum atomic E-state index is 5.60. The van der Waals surface area contributed by atoms with Crippen molar-refractivity contribution in [3.05, 3.63) is 5.82 Å². The smallest absolute Gasteiger partial charge is 0.152 e. The maximum Gasteiger partial charge on any atom is 0.152 e. The number of aryl methyl sites for hydroxylation is 1. The second kappa shape index (κ2) is 3.43. The van der Waals surface area contributed by atoms with Crippen molar-refractivity contribution in [3.63, 3.8) is 0 Å². The molecule has 5 heteroatoms. The van der Waals surface area contributed by atoms with Crippen LogP contribution in [0, 0.1) is 0 Å². The van der Waals surface area contributed by atoms with Crippen molar-refractivity contribution in [1.29, 1.82) is 0 Å². The monoisotopic (exact) mass is 155 g/mol. The summed E-state index contributed by atoms with van der Waals surface area (Å²) in [5, 5.41) is 11.2. The molecule has 0 aliphatic rings. The molecule has 11 heavy (non-hydrogen) atoms. The number of hydrogen-bond acceptors (Lipinski definition) is 4. The van der Waals surface area contributed by atoms with E-state index in [2.05, 4.69) is 15.5 Å². The number of nitrogens with two attached hydrogens (primary N) is 1. The highest BCUT2D eigenvalue weighted by Gasteiger charge is 2.05. The summed E-state index contributed by atoms with van der Waals surface area (Å²) < 4.78 is 1.75. The van der Waals surface area contributed by atoms with Gasteiger partial charge < -0.3 is 5.73 Å². The van der Waals surface area contributed by atoms with E-state index in [1.807, 2.05) is 13.8 Å². The van der Waals surface area contributed by atoms with Crippen LogP contribution in [0.2, 0.25) is 0 Å². The average Bonchev–Trinajstić information content (AvgIpc) is 2.34. The lowest BCUT2D eigenvalue weighted by molar-refractivity contribution is 0.576. The standard InChI is InChI=1S/C6H13N5/c1-3-11-6(4-5(2)7)8-9-10-11/h5H,3-4,7H2,1-2H3. The van der Waals surface area contributed by atoms with Gasteiger partial charge in [0.05, 0.1) is 0 Å². The SMILES string of the molecule is CCn1nnnc1CC(C)N. The Hall–Kier alpha value is -0.970. The van der Waals surface area contributed by atoms with E-state index in [9.17, 15) is 0 Å². The molecule has 1 aromatic rings. The number of rotatable bonds is 3. The molecule has 2 N–H and O–H groups in total. The van der Waals surface area contributed by atoms with Crippen LogP contribution in [0.15, 0.2) is 0 Å². The van der Waals surface area contributed by atoms with E-state index in [4.69, 9.17) is 5.73 Å². The Morgan fingerprint density at radius 1 is 1.64 bits per heavy atom. The Labute approximate surface area is 65.6 Å². The minimum atomic E-state index is 0.117. The summed E-state index contributed by atoms with van der Waals surface area (Å²) in [7, 11) is 0. The van der Waals surface area contributed by atoms with E-state index in [0.717, 1.165) is 18.8 Å².